The smallest absolute Gasteiger partial charge is 0.263 e. The molecule has 5 nitrogen and oxygen atoms in total. The minimum atomic E-state index is -3.69. The van der Waals surface area contributed by atoms with Crippen LogP contribution in [0.15, 0.2) is 75.4 Å². The molecule has 3 aromatic rings. The number of amides is 1. The van der Waals surface area contributed by atoms with Crippen molar-refractivity contribution in [3.8, 4) is 0 Å². The first-order chi connectivity index (χ1) is 12.9. The Morgan fingerprint density at radius 3 is 2.41 bits per heavy atom. The molecular formula is C19H17BrN2O3S2. The summed E-state index contributed by atoms with van der Waals surface area (Å²) in [5, 5.41) is 4.84. The third-order valence-corrected chi connectivity index (χ3v) is 7.01. The molecule has 2 aromatic carbocycles. The zero-order chi connectivity index (χ0) is 19.3. The molecule has 0 aliphatic rings. The number of anilines is 1. The maximum Gasteiger partial charge on any atom is 0.263 e. The zero-order valence-electron chi connectivity index (χ0n) is 14.2. The van der Waals surface area contributed by atoms with E-state index >= 15 is 0 Å². The minimum Gasteiger partial charge on any atom is -0.351 e. The van der Waals surface area contributed by atoms with Gasteiger partial charge in [0, 0.05) is 15.0 Å². The van der Waals surface area contributed by atoms with Crippen LogP contribution in [-0.4, -0.2) is 14.3 Å². The van der Waals surface area contributed by atoms with E-state index in [2.05, 4.69) is 26.0 Å². The second-order valence-corrected chi connectivity index (χ2v) is 9.30. The Morgan fingerprint density at radius 2 is 1.74 bits per heavy atom. The van der Waals surface area contributed by atoms with E-state index in [4.69, 9.17) is 0 Å². The van der Waals surface area contributed by atoms with Crippen LogP contribution in [0.5, 0.6) is 0 Å². The van der Waals surface area contributed by atoms with Crippen LogP contribution in [0.4, 0.5) is 5.69 Å². The summed E-state index contributed by atoms with van der Waals surface area (Å²) >= 11 is 4.84. The number of thiophene rings is 1. The van der Waals surface area contributed by atoms with E-state index in [9.17, 15) is 13.2 Å². The molecule has 0 saturated heterocycles. The van der Waals surface area contributed by atoms with Crippen molar-refractivity contribution >= 4 is 48.9 Å². The molecule has 0 atom stereocenters. The average Bonchev–Trinajstić information content (AvgIpc) is 3.15. The van der Waals surface area contributed by atoms with Crippen molar-refractivity contribution in [2.24, 2.45) is 0 Å². The number of carbonyl (C=O) groups excluding carboxylic acids is 1. The van der Waals surface area contributed by atoms with Gasteiger partial charge in [-0.1, -0.05) is 30.3 Å². The Morgan fingerprint density at radius 1 is 1.00 bits per heavy atom. The quantitative estimate of drug-likeness (QED) is 0.550. The highest BCUT2D eigenvalue weighted by molar-refractivity contribution is 9.10. The molecule has 0 aliphatic carbocycles. The number of halogens is 1. The molecule has 1 amide bonds. The van der Waals surface area contributed by atoms with E-state index < -0.39 is 10.0 Å². The molecule has 8 heteroatoms. The van der Waals surface area contributed by atoms with E-state index in [-0.39, 0.29) is 17.2 Å². The molecule has 27 heavy (non-hydrogen) atoms. The average molecular weight is 465 g/mol. The van der Waals surface area contributed by atoms with Crippen LogP contribution in [0.3, 0.4) is 0 Å². The fourth-order valence-electron chi connectivity index (χ4n) is 2.41. The molecule has 1 aromatic heterocycles. The van der Waals surface area contributed by atoms with Crippen molar-refractivity contribution in [1.29, 1.82) is 0 Å². The summed E-state index contributed by atoms with van der Waals surface area (Å²) in [6.45, 7) is 0.514. The molecule has 0 saturated carbocycles. The van der Waals surface area contributed by atoms with Gasteiger partial charge in [-0.05, 0) is 57.2 Å². The number of carbonyl (C=O) groups is 1. The Balaban J connectivity index is 1.60. The van der Waals surface area contributed by atoms with Crippen LogP contribution in [0.1, 0.15) is 10.4 Å². The monoisotopic (exact) mass is 464 g/mol. The van der Waals surface area contributed by atoms with Crippen molar-refractivity contribution in [2.45, 2.75) is 17.9 Å². The summed E-state index contributed by atoms with van der Waals surface area (Å²) in [5.41, 5.74) is 1.25. The third-order valence-electron chi connectivity index (χ3n) is 3.74. The van der Waals surface area contributed by atoms with Crippen molar-refractivity contribution in [3.63, 3.8) is 0 Å². The van der Waals surface area contributed by atoms with Crippen LogP contribution in [-0.2, 0) is 27.8 Å². The highest BCUT2D eigenvalue weighted by Gasteiger charge is 2.17. The molecule has 3 rings (SSSR count). The van der Waals surface area contributed by atoms with Crippen molar-refractivity contribution < 1.29 is 13.2 Å². The third kappa shape index (κ3) is 5.41. The second-order valence-electron chi connectivity index (χ2n) is 5.77. The summed E-state index contributed by atoms with van der Waals surface area (Å²) in [7, 11) is -3.69. The van der Waals surface area contributed by atoms with Gasteiger partial charge in [-0.15, -0.1) is 11.3 Å². The van der Waals surface area contributed by atoms with Crippen molar-refractivity contribution in [3.05, 3.63) is 81.0 Å². The predicted molar refractivity (Wildman–Crippen MR) is 111 cm³/mol. The lowest BCUT2D eigenvalue weighted by atomic mass is 10.1. The largest absolute Gasteiger partial charge is 0.351 e. The molecule has 0 aliphatic heterocycles. The van der Waals surface area contributed by atoms with Crippen molar-refractivity contribution in [2.75, 3.05) is 4.72 Å². The minimum absolute atomic E-state index is 0.0788. The normalized spacial score (nSPS) is 11.1. The van der Waals surface area contributed by atoms with Crippen LogP contribution >= 0.6 is 27.3 Å². The van der Waals surface area contributed by atoms with Gasteiger partial charge in [0.2, 0.25) is 5.91 Å². The van der Waals surface area contributed by atoms with E-state index in [1.54, 1.807) is 53.8 Å². The maximum atomic E-state index is 12.5. The second kappa shape index (κ2) is 8.69. The summed E-state index contributed by atoms with van der Waals surface area (Å²) in [4.78, 5) is 13.3. The maximum absolute atomic E-state index is 12.5. The molecular weight excluding hydrogens is 448 g/mol. The Hall–Kier alpha value is -2.16. The highest BCUT2D eigenvalue weighted by atomic mass is 79.9. The topological polar surface area (TPSA) is 75.3 Å². The molecule has 0 unspecified atom stereocenters. The zero-order valence-corrected chi connectivity index (χ0v) is 17.4. The predicted octanol–water partition coefficient (Wildman–Crippen LogP) is 4.17. The summed E-state index contributed by atoms with van der Waals surface area (Å²) in [6, 6.07) is 17.3. The van der Waals surface area contributed by atoms with Gasteiger partial charge in [-0.2, -0.15) is 0 Å². The molecule has 0 fully saturated rings. The summed E-state index contributed by atoms with van der Waals surface area (Å²) < 4.78 is 28.0. The number of sulfonamides is 1. The van der Waals surface area contributed by atoms with Gasteiger partial charge < -0.3 is 5.32 Å². The number of hydrogen-bond acceptors (Lipinski definition) is 4. The summed E-state index contributed by atoms with van der Waals surface area (Å²) in [5.74, 6) is -0.0788. The number of nitrogens with one attached hydrogen (secondary N) is 2. The first kappa shape index (κ1) is 19.6. The standard InChI is InChI=1S/C19H17BrN2O3S2/c20-17-5-1-2-6-18(17)27(24,25)22-15-9-7-14(8-10-15)12-19(23)21-13-16-4-3-11-26-16/h1-11,22H,12-13H2,(H,21,23). The molecule has 0 radical (unpaired) electrons. The van der Waals surface area contributed by atoms with Gasteiger partial charge in [-0.25, -0.2) is 8.42 Å². The fourth-order valence-corrected chi connectivity index (χ4v) is 5.12. The molecule has 1 heterocycles. The number of hydrogen-bond donors (Lipinski definition) is 2. The van der Waals surface area contributed by atoms with Crippen LogP contribution in [0.2, 0.25) is 0 Å². The lowest BCUT2D eigenvalue weighted by Gasteiger charge is -2.10. The summed E-state index contributed by atoms with van der Waals surface area (Å²) in [6.07, 6.45) is 0.239. The molecule has 140 valence electrons. The van der Waals surface area contributed by atoms with Crippen molar-refractivity contribution in [1.82, 2.24) is 5.32 Å². The SMILES string of the molecule is O=C(Cc1ccc(NS(=O)(=O)c2ccccc2Br)cc1)NCc1cccs1. The molecule has 2 N–H and O–H groups in total. The van der Waals surface area contributed by atoms with Crippen LogP contribution < -0.4 is 10.0 Å². The van der Waals surface area contributed by atoms with Gasteiger partial charge in [0.25, 0.3) is 10.0 Å². The first-order valence-electron chi connectivity index (χ1n) is 8.09. The van der Waals surface area contributed by atoms with E-state index in [1.807, 2.05) is 17.5 Å². The number of rotatable bonds is 7. The molecule has 0 bridgehead atoms. The lowest BCUT2D eigenvalue weighted by molar-refractivity contribution is -0.120. The van der Waals surface area contributed by atoms with Gasteiger partial charge in [0.05, 0.1) is 13.0 Å². The van der Waals surface area contributed by atoms with E-state index in [1.165, 1.54) is 6.07 Å². The first-order valence-corrected chi connectivity index (χ1v) is 11.2. The highest BCUT2D eigenvalue weighted by Crippen LogP contribution is 2.24. The van der Waals surface area contributed by atoms with Gasteiger partial charge in [0.1, 0.15) is 4.90 Å². The van der Waals surface area contributed by atoms with Gasteiger partial charge in [0.15, 0.2) is 0 Å². The van der Waals surface area contributed by atoms with Crippen LogP contribution in [0.25, 0.3) is 0 Å². The van der Waals surface area contributed by atoms with Gasteiger partial charge >= 0.3 is 0 Å². The fraction of sp³-hybridized carbons (Fsp3) is 0.105. The van der Waals surface area contributed by atoms with E-state index in [0.29, 0.717) is 16.7 Å². The van der Waals surface area contributed by atoms with Crippen LogP contribution in [0, 0.1) is 0 Å². The molecule has 0 spiro atoms. The Kier molecular flexibility index (Phi) is 6.30. The Bertz CT molecular complexity index is 1020. The Labute approximate surface area is 170 Å². The number of benzene rings is 2. The lowest BCUT2D eigenvalue weighted by Crippen LogP contribution is -2.24. The van der Waals surface area contributed by atoms with Gasteiger partial charge in [-0.3, -0.25) is 9.52 Å². The van der Waals surface area contributed by atoms with E-state index in [0.717, 1.165) is 10.4 Å².